The van der Waals surface area contributed by atoms with E-state index in [2.05, 4.69) is 17.0 Å². The number of carbonyl (C=O) groups is 2. The van der Waals surface area contributed by atoms with Crippen LogP contribution in [-0.2, 0) is 17.9 Å². The van der Waals surface area contributed by atoms with E-state index in [-0.39, 0.29) is 24.1 Å². The van der Waals surface area contributed by atoms with Gasteiger partial charge >= 0.3 is 0 Å². The van der Waals surface area contributed by atoms with E-state index in [9.17, 15) is 9.59 Å². The number of ether oxygens (including phenoxy) is 2. The number of nitrogens with zero attached hydrogens (tertiary/aromatic N) is 3. The van der Waals surface area contributed by atoms with Crippen LogP contribution in [0.25, 0.3) is 0 Å². The fourth-order valence-electron chi connectivity index (χ4n) is 6.24. The van der Waals surface area contributed by atoms with Gasteiger partial charge in [-0.2, -0.15) is 0 Å². The largest absolute Gasteiger partial charge is 0.454 e. The summed E-state index contributed by atoms with van der Waals surface area (Å²) >= 11 is 0. The normalized spacial score (nSPS) is 21.3. The third-order valence-electron chi connectivity index (χ3n) is 8.23. The number of hydrogen-bond donors (Lipinski definition) is 0. The molecule has 2 aromatic rings. The molecule has 6 rings (SSSR count). The smallest absolute Gasteiger partial charge is 0.254 e. The van der Waals surface area contributed by atoms with Crippen LogP contribution in [0.4, 0.5) is 0 Å². The van der Waals surface area contributed by atoms with Crippen molar-refractivity contribution in [3.05, 3.63) is 59.2 Å². The molecule has 0 N–H and O–H groups in total. The molecule has 2 aromatic carbocycles. The maximum Gasteiger partial charge on any atom is 0.254 e. The average molecular weight is 476 g/mol. The minimum Gasteiger partial charge on any atom is -0.454 e. The second kappa shape index (κ2) is 9.19. The Hall–Kier alpha value is -3.06. The highest BCUT2D eigenvalue weighted by molar-refractivity contribution is 5.99. The van der Waals surface area contributed by atoms with Crippen LogP contribution >= 0.6 is 0 Å². The van der Waals surface area contributed by atoms with Crippen molar-refractivity contribution >= 4 is 11.8 Å². The molecule has 0 bridgehead atoms. The molecular formula is C28H33N3O4. The van der Waals surface area contributed by atoms with E-state index in [1.165, 1.54) is 12.0 Å². The molecule has 0 spiro atoms. The highest BCUT2D eigenvalue weighted by atomic mass is 16.7. The van der Waals surface area contributed by atoms with Crippen LogP contribution in [-0.4, -0.2) is 65.0 Å². The number of rotatable bonds is 5. The zero-order valence-electron chi connectivity index (χ0n) is 20.2. The maximum absolute atomic E-state index is 13.5. The molecule has 7 heteroatoms. The van der Waals surface area contributed by atoms with Crippen molar-refractivity contribution in [2.75, 3.05) is 33.0 Å². The van der Waals surface area contributed by atoms with Gasteiger partial charge in [0, 0.05) is 44.8 Å². The molecule has 0 radical (unpaired) electrons. The van der Waals surface area contributed by atoms with Gasteiger partial charge in [0.15, 0.2) is 11.5 Å². The molecule has 1 saturated heterocycles. The number of piperazine rings is 1. The van der Waals surface area contributed by atoms with E-state index in [1.54, 1.807) is 0 Å². The van der Waals surface area contributed by atoms with Crippen molar-refractivity contribution in [3.8, 4) is 11.5 Å². The zero-order valence-corrected chi connectivity index (χ0v) is 20.2. The molecule has 4 aliphatic rings. The van der Waals surface area contributed by atoms with Crippen molar-refractivity contribution in [1.29, 1.82) is 0 Å². The first-order chi connectivity index (χ1) is 17.1. The molecule has 0 unspecified atom stereocenters. The molecule has 1 aliphatic carbocycles. The van der Waals surface area contributed by atoms with E-state index in [0.29, 0.717) is 13.0 Å². The lowest BCUT2D eigenvalue weighted by atomic mass is 9.77. The standard InChI is InChI=1S/C28H33N3O4/c32-26(30-14-12-29(13-15-30)18-21-8-9-24-25(16-21)35-20-34-24)17-28(10-4-1-5-11-28)31-19-22-6-2-3-7-23(22)27(31)33/h2-3,6-9,16H,1,4-5,10-15,17-20H2. The Morgan fingerprint density at radius 2 is 1.69 bits per heavy atom. The summed E-state index contributed by atoms with van der Waals surface area (Å²) in [6.07, 6.45) is 5.62. The minimum atomic E-state index is -0.352. The molecule has 35 heavy (non-hydrogen) atoms. The molecule has 2 amide bonds. The lowest BCUT2D eigenvalue weighted by Gasteiger charge is -2.46. The van der Waals surface area contributed by atoms with Crippen LogP contribution in [0.5, 0.6) is 11.5 Å². The lowest BCUT2D eigenvalue weighted by Crippen LogP contribution is -2.55. The van der Waals surface area contributed by atoms with Gasteiger partial charge in [0.1, 0.15) is 0 Å². The summed E-state index contributed by atoms with van der Waals surface area (Å²) in [6, 6.07) is 14.0. The Labute approximate surface area is 206 Å². The van der Waals surface area contributed by atoms with Crippen LogP contribution in [0.2, 0.25) is 0 Å². The predicted molar refractivity (Wildman–Crippen MR) is 131 cm³/mol. The Kier molecular flexibility index (Phi) is 5.88. The Bertz CT molecular complexity index is 1120. The van der Waals surface area contributed by atoms with Crippen molar-refractivity contribution in [2.24, 2.45) is 0 Å². The molecular weight excluding hydrogens is 442 g/mol. The summed E-state index contributed by atoms with van der Waals surface area (Å²) in [6.45, 7) is 4.91. The van der Waals surface area contributed by atoms with Crippen LogP contribution in [0.3, 0.4) is 0 Å². The van der Waals surface area contributed by atoms with Crippen LogP contribution < -0.4 is 9.47 Å². The van der Waals surface area contributed by atoms with Crippen LogP contribution in [0.1, 0.15) is 60.0 Å². The summed E-state index contributed by atoms with van der Waals surface area (Å²) in [5, 5.41) is 0. The molecule has 184 valence electrons. The summed E-state index contributed by atoms with van der Waals surface area (Å²) in [5.74, 6) is 1.91. The maximum atomic E-state index is 13.5. The van der Waals surface area contributed by atoms with Crippen LogP contribution in [0, 0.1) is 0 Å². The van der Waals surface area contributed by atoms with Crippen molar-refractivity contribution in [2.45, 2.75) is 57.2 Å². The van der Waals surface area contributed by atoms with E-state index in [0.717, 1.165) is 81.0 Å². The van der Waals surface area contributed by atoms with E-state index in [1.807, 2.05) is 40.1 Å². The monoisotopic (exact) mass is 475 g/mol. The molecule has 2 fully saturated rings. The molecule has 3 aliphatic heterocycles. The molecule has 0 atom stereocenters. The second-order valence-corrected chi connectivity index (χ2v) is 10.4. The van der Waals surface area contributed by atoms with Crippen LogP contribution in [0.15, 0.2) is 42.5 Å². The second-order valence-electron chi connectivity index (χ2n) is 10.4. The average Bonchev–Trinajstić information content (AvgIpc) is 3.49. The minimum absolute atomic E-state index is 0.101. The van der Waals surface area contributed by atoms with Gasteiger partial charge in [-0.05, 0) is 42.2 Å². The van der Waals surface area contributed by atoms with E-state index < -0.39 is 0 Å². The predicted octanol–water partition coefficient (Wildman–Crippen LogP) is 3.81. The topological polar surface area (TPSA) is 62.3 Å². The first-order valence-electron chi connectivity index (χ1n) is 12.9. The molecule has 3 heterocycles. The third kappa shape index (κ3) is 4.27. The fourth-order valence-corrected chi connectivity index (χ4v) is 6.24. The van der Waals surface area contributed by atoms with Gasteiger partial charge in [0.05, 0.1) is 12.0 Å². The van der Waals surface area contributed by atoms with Gasteiger partial charge in [-0.1, -0.05) is 43.5 Å². The number of amides is 2. The van der Waals surface area contributed by atoms with Gasteiger partial charge < -0.3 is 19.3 Å². The van der Waals surface area contributed by atoms with Gasteiger partial charge in [-0.25, -0.2) is 0 Å². The summed E-state index contributed by atoms with van der Waals surface area (Å²) in [7, 11) is 0. The van der Waals surface area contributed by atoms with Crippen molar-refractivity contribution < 1.29 is 19.1 Å². The lowest BCUT2D eigenvalue weighted by molar-refractivity contribution is -0.136. The zero-order chi connectivity index (χ0) is 23.8. The number of carbonyl (C=O) groups excluding carboxylic acids is 2. The summed E-state index contributed by atoms with van der Waals surface area (Å²) in [4.78, 5) is 33.3. The summed E-state index contributed by atoms with van der Waals surface area (Å²) < 4.78 is 10.9. The highest BCUT2D eigenvalue weighted by Crippen LogP contribution is 2.41. The molecule has 1 saturated carbocycles. The SMILES string of the molecule is O=C(CC1(N2Cc3ccccc3C2=O)CCCCC1)N1CCN(Cc2ccc3c(c2)OCO3)CC1. The Morgan fingerprint density at radius 1 is 0.914 bits per heavy atom. The Morgan fingerprint density at radius 3 is 2.49 bits per heavy atom. The number of fused-ring (bicyclic) bond motifs is 2. The third-order valence-corrected chi connectivity index (χ3v) is 8.23. The quantitative estimate of drug-likeness (QED) is 0.658. The Balaban J connectivity index is 1.09. The van der Waals surface area contributed by atoms with E-state index in [4.69, 9.17) is 9.47 Å². The van der Waals surface area contributed by atoms with Crippen molar-refractivity contribution in [1.82, 2.24) is 14.7 Å². The van der Waals surface area contributed by atoms with E-state index >= 15 is 0 Å². The number of hydrogen-bond acceptors (Lipinski definition) is 5. The van der Waals surface area contributed by atoms with Crippen molar-refractivity contribution in [3.63, 3.8) is 0 Å². The van der Waals surface area contributed by atoms with Gasteiger partial charge in [-0.15, -0.1) is 0 Å². The molecule has 7 nitrogen and oxygen atoms in total. The number of benzene rings is 2. The van der Waals surface area contributed by atoms with Gasteiger partial charge in [0.25, 0.3) is 5.91 Å². The first kappa shape index (κ1) is 22.4. The first-order valence-corrected chi connectivity index (χ1v) is 12.9. The fraction of sp³-hybridized carbons (Fsp3) is 0.500. The van der Waals surface area contributed by atoms with Gasteiger partial charge in [-0.3, -0.25) is 14.5 Å². The highest BCUT2D eigenvalue weighted by Gasteiger charge is 2.46. The molecule has 0 aromatic heterocycles. The van der Waals surface area contributed by atoms with Gasteiger partial charge in [0.2, 0.25) is 12.7 Å². The summed E-state index contributed by atoms with van der Waals surface area (Å²) in [5.41, 5.74) is 2.74.